The summed E-state index contributed by atoms with van der Waals surface area (Å²) < 4.78 is 5.17. The standard InChI is InChI=1S/C13H22N2O4/c16-12(17)11(9-4-2-1-3-5-9)15-13(18)14-10-6-7-19-8-10/h9-11H,1-8H2,(H,16,17)(H2,14,15,18). The Labute approximate surface area is 112 Å². The van der Waals surface area contributed by atoms with Gasteiger partial charge in [0.2, 0.25) is 0 Å². The fourth-order valence-electron chi connectivity index (χ4n) is 2.87. The van der Waals surface area contributed by atoms with Gasteiger partial charge < -0.3 is 20.5 Å². The number of urea groups is 1. The molecule has 19 heavy (non-hydrogen) atoms. The fraction of sp³-hybridized carbons (Fsp3) is 0.846. The number of rotatable bonds is 4. The molecule has 2 rings (SSSR count). The van der Waals surface area contributed by atoms with Crippen molar-refractivity contribution in [1.82, 2.24) is 10.6 Å². The van der Waals surface area contributed by atoms with Crippen LogP contribution < -0.4 is 10.6 Å². The Morgan fingerprint density at radius 3 is 2.47 bits per heavy atom. The van der Waals surface area contributed by atoms with Crippen molar-refractivity contribution in [2.24, 2.45) is 5.92 Å². The minimum atomic E-state index is -0.940. The van der Waals surface area contributed by atoms with Crippen molar-refractivity contribution in [3.8, 4) is 0 Å². The maximum atomic E-state index is 11.8. The van der Waals surface area contributed by atoms with Crippen LogP contribution in [0.25, 0.3) is 0 Å². The highest BCUT2D eigenvalue weighted by molar-refractivity contribution is 5.82. The molecule has 2 unspecified atom stereocenters. The first-order valence-electron chi connectivity index (χ1n) is 7.04. The van der Waals surface area contributed by atoms with Crippen LogP contribution in [0, 0.1) is 5.92 Å². The van der Waals surface area contributed by atoms with E-state index in [2.05, 4.69) is 10.6 Å². The number of carboxylic acids is 1. The van der Waals surface area contributed by atoms with E-state index in [1.165, 1.54) is 0 Å². The lowest BCUT2D eigenvalue weighted by Crippen LogP contribution is -2.52. The van der Waals surface area contributed by atoms with Gasteiger partial charge in [0, 0.05) is 6.61 Å². The molecule has 2 aliphatic rings. The summed E-state index contributed by atoms with van der Waals surface area (Å²) in [5, 5.41) is 14.6. The molecule has 1 aliphatic heterocycles. The number of carbonyl (C=O) groups excluding carboxylic acids is 1. The number of ether oxygens (including phenoxy) is 1. The molecule has 1 saturated carbocycles. The van der Waals surface area contributed by atoms with Gasteiger partial charge in [-0.15, -0.1) is 0 Å². The zero-order valence-electron chi connectivity index (χ0n) is 11.1. The van der Waals surface area contributed by atoms with Crippen molar-refractivity contribution in [2.75, 3.05) is 13.2 Å². The van der Waals surface area contributed by atoms with Gasteiger partial charge in [-0.25, -0.2) is 9.59 Å². The molecule has 1 aliphatic carbocycles. The number of carboxylic acid groups (broad SMARTS) is 1. The summed E-state index contributed by atoms with van der Waals surface area (Å²) in [7, 11) is 0. The van der Waals surface area contributed by atoms with Gasteiger partial charge in [-0.05, 0) is 25.2 Å². The summed E-state index contributed by atoms with van der Waals surface area (Å²) >= 11 is 0. The average molecular weight is 270 g/mol. The summed E-state index contributed by atoms with van der Waals surface area (Å²) in [5.41, 5.74) is 0. The predicted octanol–water partition coefficient (Wildman–Crippen LogP) is 1.11. The van der Waals surface area contributed by atoms with Gasteiger partial charge >= 0.3 is 12.0 Å². The Hall–Kier alpha value is -1.30. The molecule has 0 radical (unpaired) electrons. The molecule has 0 aromatic rings. The first-order chi connectivity index (χ1) is 9.16. The summed E-state index contributed by atoms with van der Waals surface area (Å²) in [6.45, 7) is 1.16. The van der Waals surface area contributed by atoms with Gasteiger partial charge in [0.05, 0.1) is 12.6 Å². The maximum Gasteiger partial charge on any atom is 0.326 e. The van der Waals surface area contributed by atoms with Gasteiger partial charge in [0.15, 0.2) is 0 Å². The number of amides is 2. The molecule has 2 atom stereocenters. The minimum Gasteiger partial charge on any atom is -0.480 e. The molecule has 108 valence electrons. The van der Waals surface area contributed by atoms with E-state index in [9.17, 15) is 14.7 Å². The summed E-state index contributed by atoms with van der Waals surface area (Å²) in [5.74, 6) is -0.887. The molecule has 0 bridgehead atoms. The highest BCUT2D eigenvalue weighted by Crippen LogP contribution is 2.26. The molecule has 6 nitrogen and oxygen atoms in total. The molecule has 1 heterocycles. The van der Waals surface area contributed by atoms with E-state index in [4.69, 9.17) is 4.74 Å². The van der Waals surface area contributed by atoms with Crippen molar-refractivity contribution in [3.63, 3.8) is 0 Å². The van der Waals surface area contributed by atoms with Crippen LogP contribution in [0.2, 0.25) is 0 Å². The Bertz CT molecular complexity index is 323. The monoisotopic (exact) mass is 270 g/mol. The third-order valence-electron chi connectivity index (χ3n) is 3.94. The number of hydrogen-bond acceptors (Lipinski definition) is 3. The second kappa shape index (κ2) is 6.75. The van der Waals surface area contributed by atoms with Gasteiger partial charge in [0.1, 0.15) is 6.04 Å². The Morgan fingerprint density at radius 1 is 1.16 bits per heavy atom. The van der Waals surface area contributed by atoms with Crippen LogP contribution in [0.4, 0.5) is 4.79 Å². The fourth-order valence-corrected chi connectivity index (χ4v) is 2.87. The molecular formula is C13H22N2O4. The van der Waals surface area contributed by atoms with Crippen LogP contribution in [0.5, 0.6) is 0 Å². The Kier molecular flexibility index (Phi) is 5.01. The van der Waals surface area contributed by atoms with Crippen LogP contribution in [0.15, 0.2) is 0 Å². The van der Waals surface area contributed by atoms with E-state index < -0.39 is 18.0 Å². The molecule has 0 spiro atoms. The van der Waals surface area contributed by atoms with Crippen molar-refractivity contribution in [3.05, 3.63) is 0 Å². The SMILES string of the molecule is O=C(NC1CCOC1)NC(C(=O)O)C1CCCCC1. The summed E-state index contributed by atoms with van der Waals surface area (Å²) in [4.78, 5) is 23.1. The van der Waals surface area contributed by atoms with Gasteiger partial charge in [0.25, 0.3) is 0 Å². The second-order valence-corrected chi connectivity index (χ2v) is 5.39. The zero-order chi connectivity index (χ0) is 13.7. The van der Waals surface area contributed by atoms with Gasteiger partial charge in [-0.2, -0.15) is 0 Å². The number of aliphatic carboxylic acids is 1. The van der Waals surface area contributed by atoms with Crippen molar-refractivity contribution in [2.45, 2.75) is 50.6 Å². The topological polar surface area (TPSA) is 87.7 Å². The van der Waals surface area contributed by atoms with Crippen molar-refractivity contribution in [1.29, 1.82) is 0 Å². The third-order valence-corrected chi connectivity index (χ3v) is 3.94. The lowest BCUT2D eigenvalue weighted by molar-refractivity contribution is -0.141. The molecule has 3 N–H and O–H groups in total. The van der Waals surface area contributed by atoms with Crippen LogP contribution in [0.3, 0.4) is 0 Å². The Morgan fingerprint density at radius 2 is 1.89 bits per heavy atom. The van der Waals surface area contributed by atoms with Crippen molar-refractivity contribution < 1.29 is 19.4 Å². The molecule has 1 saturated heterocycles. The number of hydrogen-bond donors (Lipinski definition) is 3. The van der Waals surface area contributed by atoms with Crippen LogP contribution in [-0.4, -0.2) is 42.4 Å². The van der Waals surface area contributed by atoms with Crippen LogP contribution >= 0.6 is 0 Å². The first-order valence-corrected chi connectivity index (χ1v) is 7.04. The summed E-state index contributed by atoms with van der Waals surface area (Å²) in [6, 6.07) is -1.17. The predicted molar refractivity (Wildman–Crippen MR) is 68.9 cm³/mol. The molecule has 2 amide bonds. The van der Waals surface area contributed by atoms with Crippen LogP contribution in [0.1, 0.15) is 38.5 Å². The van der Waals surface area contributed by atoms with E-state index >= 15 is 0 Å². The largest absolute Gasteiger partial charge is 0.480 e. The lowest BCUT2D eigenvalue weighted by atomic mass is 9.84. The number of carbonyl (C=O) groups is 2. The van der Waals surface area contributed by atoms with E-state index in [0.29, 0.717) is 13.2 Å². The maximum absolute atomic E-state index is 11.8. The van der Waals surface area contributed by atoms with Gasteiger partial charge in [-0.3, -0.25) is 0 Å². The Balaban J connectivity index is 1.84. The second-order valence-electron chi connectivity index (χ2n) is 5.39. The average Bonchev–Trinajstić information content (AvgIpc) is 2.89. The van der Waals surface area contributed by atoms with E-state index in [0.717, 1.165) is 38.5 Å². The minimum absolute atomic E-state index is 0.000741. The molecule has 0 aromatic heterocycles. The lowest BCUT2D eigenvalue weighted by Gasteiger charge is -2.28. The van der Waals surface area contributed by atoms with E-state index in [-0.39, 0.29) is 12.0 Å². The highest BCUT2D eigenvalue weighted by Gasteiger charge is 2.31. The van der Waals surface area contributed by atoms with Crippen LogP contribution in [-0.2, 0) is 9.53 Å². The molecular weight excluding hydrogens is 248 g/mol. The van der Waals surface area contributed by atoms with E-state index in [1.807, 2.05) is 0 Å². The summed E-state index contributed by atoms with van der Waals surface area (Å²) in [6.07, 6.45) is 5.80. The molecule has 6 heteroatoms. The first kappa shape index (κ1) is 14.1. The zero-order valence-corrected chi connectivity index (χ0v) is 11.1. The smallest absolute Gasteiger partial charge is 0.326 e. The molecule has 2 fully saturated rings. The molecule has 0 aromatic carbocycles. The van der Waals surface area contributed by atoms with Crippen molar-refractivity contribution >= 4 is 12.0 Å². The van der Waals surface area contributed by atoms with Gasteiger partial charge in [-0.1, -0.05) is 19.3 Å². The quantitative estimate of drug-likeness (QED) is 0.714. The normalized spacial score (nSPS) is 25.8. The third kappa shape index (κ3) is 4.09. The van der Waals surface area contributed by atoms with E-state index in [1.54, 1.807) is 0 Å². The highest BCUT2D eigenvalue weighted by atomic mass is 16.5. The number of nitrogens with one attached hydrogen (secondary N) is 2.